The third kappa shape index (κ3) is 2.86. The standard InChI is InChI=1S/C18H23N3O3/c1-11-15(20-18(24-11)16-4-3-7-23-16)10-17(22)21(2)14-8-12-5-6-13(9-14)19-12/h3-4,7,12-14,19H,5-6,8-10H2,1-2H3. The smallest absolute Gasteiger partial charge is 0.263 e. The van der Waals surface area contributed by atoms with Gasteiger partial charge in [0.25, 0.3) is 5.89 Å². The number of oxazole rings is 1. The first kappa shape index (κ1) is 15.4. The molecule has 0 radical (unpaired) electrons. The summed E-state index contributed by atoms with van der Waals surface area (Å²) in [7, 11) is 1.92. The van der Waals surface area contributed by atoms with Gasteiger partial charge in [-0.2, -0.15) is 0 Å². The summed E-state index contributed by atoms with van der Waals surface area (Å²) in [6, 6.07) is 5.06. The number of piperidine rings is 1. The summed E-state index contributed by atoms with van der Waals surface area (Å²) in [5.74, 6) is 1.79. The molecule has 2 aromatic rings. The van der Waals surface area contributed by atoms with Crippen molar-refractivity contribution in [3.63, 3.8) is 0 Å². The number of furan rings is 1. The van der Waals surface area contributed by atoms with Gasteiger partial charge in [0.1, 0.15) is 5.76 Å². The van der Waals surface area contributed by atoms with Crippen LogP contribution in [0.25, 0.3) is 11.7 Å². The molecule has 2 bridgehead atoms. The van der Waals surface area contributed by atoms with E-state index in [-0.39, 0.29) is 12.3 Å². The Labute approximate surface area is 141 Å². The number of likely N-dealkylation sites (N-methyl/N-ethyl adjacent to an activating group) is 1. The van der Waals surface area contributed by atoms with E-state index in [1.807, 2.05) is 18.9 Å². The van der Waals surface area contributed by atoms with E-state index in [9.17, 15) is 4.79 Å². The molecule has 0 saturated carbocycles. The Morgan fingerprint density at radius 1 is 1.38 bits per heavy atom. The summed E-state index contributed by atoms with van der Waals surface area (Å²) in [5, 5.41) is 3.62. The minimum absolute atomic E-state index is 0.101. The van der Waals surface area contributed by atoms with Crippen LogP contribution >= 0.6 is 0 Å². The summed E-state index contributed by atoms with van der Waals surface area (Å²) in [6.07, 6.45) is 6.42. The van der Waals surface area contributed by atoms with Crippen LogP contribution in [0.15, 0.2) is 27.2 Å². The average Bonchev–Trinajstić information content (AvgIpc) is 3.28. The predicted octanol–water partition coefficient (Wildman–Crippen LogP) is 2.53. The molecule has 128 valence electrons. The second-order valence-corrected chi connectivity index (χ2v) is 6.94. The number of carbonyl (C=O) groups excluding carboxylic acids is 1. The van der Waals surface area contributed by atoms with Crippen LogP contribution in [0.4, 0.5) is 0 Å². The van der Waals surface area contributed by atoms with Crippen molar-refractivity contribution in [3.05, 3.63) is 29.9 Å². The number of nitrogens with one attached hydrogen (secondary N) is 1. The summed E-state index contributed by atoms with van der Waals surface area (Å²) >= 11 is 0. The molecule has 2 aliphatic heterocycles. The first-order valence-corrected chi connectivity index (χ1v) is 8.62. The number of carbonyl (C=O) groups is 1. The lowest BCUT2D eigenvalue weighted by atomic mass is 9.98. The van der Waals surface area contributed by atoms with Crippen molar-refractivity contribution in [3.8, 4) is 11.7 Å². The number of hydrogen-bond donors (Lipinski definition) is 1. The average molecular weight is 329 g/mol. The number of hydrogen-bond acceptors (Lipinski definition) is 5. The second-order valence-electron chi connectivity index (χ2n) is 6.94. The second kappa shape index (κ2) is 6.09. The Morgan fingerprint density at radius 3 is 2.79 bits per heavy atom. The Balaban J connectivity index is 1.44. The minimum atomic E-state index is 0.101. The van der Waals surface area contributed by atoms with Gasteiger partial charge in [0.15, 0.2) is 5.76 Å². The number of aryl methyl sites for hydroxylation is 1. The van der Waals surface area contributed by atoms with Crippen LogP contribution in [-0.4, -0.2) is 41.0 Å². The van der Waals surface area contributed by atoms with E-state index in [0.717, 1.165) is 12.8 Å². The zero-order chi connectivity index (χ0) is 16.7. The van der Waals surface area contributed by atoms with Gasteiger partial charge in [-0.1, -0.05) is 0 Å². The molecule has 1 amide bonds. The van der Waals surface area contributed by atoms with Crippen molar-refractivity contribution in [2.24, 2.45) is 0 Å². The predicted molar refractivity (Wildman–Crippen MR) is 88.4 cm³/mol. The third-order valence-corrected chi connectivity index (χ3v) is 5.33. The molecule has 0 aliphatic carbocycles. The molecule has 0 spiro atoms. The largest absolute Gasteiger partial charge is 0.459 e. The van der Waals surface area contributed by atoms with E-state index >= 15 is 0 Å². The monoisotopic (exact) mass is 329 g/mol. The fraction of sp³-hybridized carbons (Fsp3) is 0.556. The Kier molecular flexibility index (Phi) is 3.92. The Morgan fingerprint density at radius 2 is 2.12 bits per heavy atom. The molecule has 2 aromatic heterocycles. The van der Waals surface area contributed by atoms with Crippen molar-refractivity contribution < 1.29 is 13.6 Å². The molecule has 6 heteroatoms. The SMILES string of the molecule is Cc1oc(-c2ccco2)nc1CC(=O)N(C)C1CC2CCC(C1)N2. The molecule has 2 unspecified atom stereocenters. The summed E-state index contributed by atoms with van der Waals surface area (Å²) < 4.78 is 11.0. The van der Waals surface area contributed by atoms with Gasteiger partial charge in [0.05, 0.1) is 18.4 Å². The quantitative estimate of drug-likeness (QED) is 0.933. The van der Waals surface area contributed by atoms with Gasteiger partial charge in [0, 0.05) is 25.2 Å². The molecule has 24 heavy (non-hydrogen) atoms. The fourth-order valence-electron chi connectivity index (χ4n) is 3.91. The van der Waals surface area contributed by atoms with Crippen LogP contribution in [0.3, 0.4) is 0 Å². The Hall–Kier alpha value is -2.08. The van der Waals surface area contributed by atoms with E-state index in [1.54, 1.807) is 18.4 Å². The molecule has 2 atom stereocenters. The lowest BCUT2D eigenvalue weighted by Gasteiger charge is -2.35. The van der Waals surface area contributed by atoms with Gasteiger partial charge in [-0.3, -0.25) is 4.79 Å². The van der Waals surface area contributed by atoms with Crippen molar-refractivity contribution in [2.75, 3.05) is 7.05 Å². The van der Waals surface area contributed by atoms with Crippen LogP contribution in [0.1, 0.15) is 37.1 Å². The zero-order valence-corrected chi connectivity index (χ0v) is 14.1. The Bertz CT molecular complexity index is 710. The van der Waals surface area contributed by atoms with Crippen LogP contribution in [0.5, 0.6) is 0 Å². The van der Waals surface area contributed by atoms with E-state index in [0.29, 0.717) is 41.2 Å². The zero-order valence-electron chi connectivity index (χ0n) is 14.1. The van der Waals surface area contributed by atoms with Gasteiger partial charge in [-0.15, -0.1) is 0 Å². The molecule has 2 fully saturated rings. The lowest BCUT2D eigenvalue weighted by molar-refractivity contribution is -0.132. The molecule has 4 rings (SSSR count). The summed E-state index contributed by atoms with van der Waals surface area (Å²) in [6.45, 7) is 1.84. The first-order valence-electron chi connectivity index (χ1n) is 8.62. The van der Waals surface area contributed by atoms with Crippen molar-refractivity contribution >= 4 is 5.91 Å². The van der Waals surface area contributed by atoms with Crippen molar-refractivity contribution in [1.82, 2.24) is 15.2 Å². The van der Waals surface area contributed by atoms with Crippen LogP contribution in [0, 0.1) is 6.92 Å². The number of amides is 1. The number of aromatic nitrogens is 1. The van der Waals surface area contributed by atoms with Gasteiger partial charge < -0.3 is 19.1 Å². The normalized spacial score (nSPS) is 25.8. The maximum Gasteiger partial charge on any atom is 0.263 e. The highest BCUT2D eigenvalue weighted by atomic mass is 16.4. The van der Waals surface area contributed by atoms with E-state index in [1.165, 1.54) is 12.8 Å². The van der Waals surface area contributed by atoms with Gasteiger partial charge in [-0.05, 0) is 44.7 Å². The molecule has 2 saturated heterocycles. The molecular formula is C18H23N3O3. The lowest BCUT2D eigenvalue weighted by Crippen LogP contribution is -2.49. The molecule has 4 heterocycles. The van der Waals surface area contributed by atoms with E-state index in [4.69, 9.17) is 8.83 Å². The first-order chi connectivity index (χ1) is 11.6. The molecule has 6 nitrogen and oxygen atoms in total. The fourth-order valence-corrected chi connectivity index (χ4v) is 3.91. The highest BCUT2D eigenvalue weighted by Gasteiger charge is 2.36. The van der Waals surface area contributed by atoms with Crippen molar-refractivity contribution in [1.29, 1.82) is 0 Å². The molecular weight excluding hydrogens is 306 g/mol. The van der Waals surface area contributed by atoms with Crippen LogP contribution in [0.2, 0.25) is 0 Å². The van der Waals surface area contributed by atoms with Gasteiger partial charge in [-0.25, -0.2) is 4.98 Å². The topological polar surface area (TPSA) is 71.5 Å². The minimum Gasteiger partial charge on any atom is -0.459 e. The molecule has 1 N–H and O–H groups in total. The van der Waals surface area contributed by atoms with Gasteiger partial charge >= 0.3 is 0 Å². The van der Waals surface area contributed by atoms with Crippen LogP contribution < -0.4 is 5.32 Å². The number of nitrogens with zero attached hydrogens (tertiary/aromatic N) is 2. The highest BCUT2D eigenvalue weighted by molar-refractivity contribution is 5.78. The summed E-state index contributed by atoms with van der Waals surface area (Å²) in [4.78, 5) is 19.0. The van der Waals surface area contributed by atoms with E-state index < -0.39 is 0 Å². The number of fused-ring (bicyclic) bond motifs is 2. The van der Waals surface area contributed by atoms with Gasteiger partial charge in [0.2, 0.25) is 5.91 Å². The maximum absolute atomic E-state index is 12.7. The number of rotatable bonds is 4. The molecule has 0 aromatic carbocycles. The molecule has 2 aliphatic rings. The van der Waals surface area contributed by atoms with E-state index in [2.05, 4.69) is 10.3 Å². The summed E-state index contributed by atoms with van der Waals surface area (Å²) in [5.41, 5.74) is 0.690. The maximum atomic E-state index is 12.7. The third-order valence-electron chi connectivity index (χ3n) is 5.33. The van der Waals surface area contributed by atoms with Crippen molar-refractivity contribution in [2.45, 2.75) is 57.2 Å². The van der Waals surface area contributed by atoms with Crippen LogP contribution in [-0.2, 0) is 11.2 Å². The highest BCUT2D eigenvalue weighted by Crippen LogP contribution is 2.30.